The number of nitrogens with two attached hydrogens (primary N) is 1. The normalized spacial score (nSPS) is 15.4. The quantitative estimate of drug-likeness (QED) is 0.670. The Bertz CT molecular complexity index is 527. The maximum atomic E-state index is 10.9. The fraction of sp³-hybridized carbons (Fsp3) is 0.300. The topological polar surface area (TPSA) is 92.2 Å². The van der Waals surface area contributed by atoms with Crippen molar-refractivity contribution in [1.29, 1.82) is 0 Å². The van der Waals surface area contributed by atoms with Gasteiger partial charge in [0.1, 0.15) is 0 Å². The Hall–Kier alpha value is -1.59. The summed E-state index contributed by atoms with van der Waals surface area (Å²) in [4.78, 5) is 13.4. The maximum absolute atomic E-state index is 10.9. The van der Waals surface area contributed by atoms with Gasteiger partial charge in [0.25, 0.3) is 0 Å². The van der Waals surface area contributed by atoms with Crippen molar-refractivity contribution < 1.29 is 9.52 Å². The molecule has 0 bridgehead atoms. The molecule has 0 radical (unpaired) electrons. The molecule has 1 heterocycles. The zero-order valence-electron chi connectivity index (χ0n) is 8.23. The third-order valence-corrected chi connectivity index (χ3v) is 2.28. The van der Waals surface area contributed by atoms with E-state index in [1.54, 1.807) is 25.1 Å². The minimum absolute atomic E-state index is 0.360. The van der Waals surface area contributed by atoms with Gasteiger partial charge in [-0.25, -0.2) is 4.79 Å². The van der Waals surface area contributed by atoms with Crippen LogP contribution in [0.5, 0.6) is 0 Å². The van der Waals surface area contributed by atoms with Gasteiger partial charge in [0, 0.05) is 6.04 Å². The molecule has 5 nitrogen and oxygen atoms in total. The molecule has 1 aromatic carbocycles. The van der Waals surface area contributed by atoms with Crippen molar-refractivity contribution in [1.82, 2.24) is 4.98 Å². The van der Waals surface area contributed by atoms with Crippen LogP contribution in [-0.2, 0) is 0 Å². The second-order valence-electron chi connectivity index (χ2n) is 3.57. The van der Waals surface area contributed by atoms with Crippen molar-refractivity contribution in [3.05, 3.63) is 34.3 Å². The molecule has 0 aliphatic heterocycles. The summed E-state index contributed by atoms with van der Waals surface area (Å²) in [6, 6.07) is 4.62. The molecule has 2 rings (SSSR count). The molecule has 0 aliphatic carbocycles. The first-order valence-corrected chi connectivity index (χ1v) is 4.64. The van der Waals surface area contributed by atoms with E-state index in [9.17, 15) is 9.90 Å². The Balaban J connectivity index is 2.50. The second kappa shape index (κ2) is 3.52. The van der Waals surface area contributed by atoms with E-state index in [1.165, 1.54) is 0 Å². The van der Waals surface area contributed by atoms with Gasteiger partial charge in [-0.3, -0.25) is 4.98 Å². The van der Waals surface area contributed by atoms with Crippen LogP contribution in [-0.4, -0.2) is 16.1 Å². The van der Waals surface area contributed by atoms with Gasteiger partial charge >= 0.3 is 5.76 Å². The number of rotatable bonds is 2. The van der Waals surface area contributed by atoms with Crippen molar-refractivity contribution in [3.63, 3.8) is 0 Å². The molecule has 0 spiro atoms. The summed E-state index contributed by atoms with van der Waals surface area (Å²) < 4.78 is 4.84. The molecule has 15 heavy (non-hydrogen) atoms. The summed E-state index contributed by atoms with van der Waals surface area (Å²) in [5.74, 6) is -0.502. The van der Waals surface area contributed by atoms with Crippen LogP contribution in [0.15, 0.2) is 27.4 Å². The van der Waals surface area contributed by atoms with Crippen LogP contribution in [0.1, 0.15) is 18.6 Å². The summed E-state index contributed by atoms with van der Waals surface area (Å²) in [7, 11) is 0. The van der Waals surface area contributed by atoms with E-state index in [0.29, 0.717) is 16.7 Å². The molecule has 0 fully saturated rings. The van der Waals surface area contributed by atoms with E-state index in [2.05, 4.69) is 4.98 Å². The van der Waals surface area contributed by atoms with Gasteiger partial charge in [-0.2, -0.15) is 0 Å². The first-order chi connectivity index (χ1) is 7.08. The molecule has 0 aliphatic rings. The van der Waals surface area contributed by atoms with Crippen LogP contribution < -0.4 is 11.5 Å². The molecule has 2 unspecified atom stereocenters. The van der Waals surface area contributed by atoms with E-state index in [1.807, 2.05) is 0 Å². The lowest BCUT2D eigenvalue weighted by molar-refractivity contribution is 0.153. The van der Waals surface area contributed by atoms with Gasteiger partial charge in [-0.15, -0.1) is 0 Å². The highest BCUT2D eigenvalue weighted by Crippen LogP contribution is 2.19. The average Bonchev–Trinajstić information content (AvgIpc) is 2.55. The maximum Gasteiger partial charge on any atom is 0.417 e. The fourth-order valence-corrected chi connectivity index (χ4v) is 1.46. The van der Waals surface area contributed by atoms with Gasteiger partial charge in [0.2, 0.25) is 0 Å². The number of nitrogens with one attached hydrogen (secondary N) is 1. The Morgan fingerprint density at radius 2 is 2.27 bits per heavy atom. The molecule has 0 saturated heterocycles. The van der Waals surface area contributed by atoms with Gasteiger partial charge in [0.15, 0.2) is 5.58 Å². The van der Waals surface area contributed by atoms with Gasteiger partial charge in [-0.1, -0.05) is 6.07 Å². The number of benzene rings is 1. The summed E-state index contributed by atoms with van der Waals surface area (Å²) in [6.45, 7) is 1.72. The van der Waals surface area contributed by atoms with Crippen LogP contribution in [0.2, 0.25) is 0 Å². The Kier molecular flexibility index (Phi) is 2.34. The van der Waals surface area contributed by atoms with Gasteiger partial charge < -0.3 is 15.3 Å². The lowest BCUT2D eigenvalue weighted by atomic mass is 10.0. The first-order valence-electron chi connectivity index (χ1n) is 4.64. The first kappa shape index (κ1) is 9.95. The third-order valence-electron chi connectivity index (χ3n) is 2.28. The van der Waals surface area contributed by atoms with Crippen molar-refractivity contribution in [2.24, 2.45) is 5.73 Å². The van der Waals surface area contributed by atoms with Gasteiger partial charge in [0.05, 0.1) is 11.6 Å². The lowest BCUT2D eigenvalue weighted by Gasteiger charge is -2.14. The number of aliphatic hydroxyl groups is 1. The van der Waals surface area contributed by atoms with E-state index < -0.39 is 11.9 Å². The smallest absolute Gasteiger partial charge is 0.408 e. The number of oxazole rings is 1. The number of H-pyrrole nitrogens is 1. The summed E-state index contributed by atoms with van der Waals surface area (Å²) >= 11 is 0. The highest BCUT2D eigenvalue weighted by atomic mass is 16.4. The second-order valence-corrected chi connectivity index (χ2v) is 3.57. The van der Waals surface area contributed by atoms with Crippen LogP contribution in [0, 0.1) is 0 Å². The third kappa shape index (κ3) is 1.79. The highest BCUT2D eigenvalue weighted by Gasteiger charge is 2.13. The zero-order valence-corrected chi connectivity index (χ0v) is 8.23. The number of aromatic amines is 1. The van der Waals surface area contributed by atoms with Crippen LogP contribution in [0.4, 0.5) is 0 Å². The molecular weight excluding hydrogens is 196 g/mol. The SMILES string of the molecule is CC(N)C(O)c1ccc2oc(=O)[nH]c2c1. The summed E-state index contributed by atoms with van der Waals surface area (Å²) in [5, 5.41) is 9.72. The molecule has 2 aromatic rings. The number of hydrogen-bond donors (Lipinski definition) is 3. The Morgan fingerprint density at radius 1 is 1.53 bits per heavy atom. The van der Waals surface area contributed by atoms with E-state index in [0.717, 1.165) is 0 Å². The molecule has 80 valence electrons. The predicted octanol–water partition coefficient (Wildman–Crippen LogP) is 0.502. The number of hydrogen-bond acceptors (Lipinski definition) is 4. The molecule has 0 amide bonds. The van der Waals surface area contributed by atoms with E-state index in [4.69, 9.17) is 10.2 Å². The van der Waals surface area contributed by atoms with Crippen LogP contribution in [0.25, 0.3) is 11.1 Å². The van der Waals surface area contributed by atoms with Crippen molar-refractivity contribution in [3.8, 4) is 0 Å². The van der Waals surface area contributed by atoms with Crippen molar-refractivity contribution >= 4 is 11.1 Å². The largest absolute Gasteiger partial charge is 0.417 e. The number of aliphatic hydroxyl groups excluding tert-OH is 1. The molecule has 2 atom stereocenters. The van der Waals surface area contributed by atoms with Crippen LogP contribution in [0.3, 0.4) is 0 Å². The number of aromatic nitrogens is 1. The Morgan fingerprint density at radius 3 is 2.93 bits per heavy atom. The fourth-order valence-electron chi connectivity index (χ4n) is 1.46. The Labute approximate surface area is 85.5 Å². The lowest BCUT2D eigenvalue weighted by Crippen LogP contribution is -2.24. The minimum Gasteiger partial charge on any atom is -0.408 e. The average molecular weight is 208 g/mol. The molecule has 1 aromatic heterocycles. The summed E-state index contributed by atoms with van der Waals surface area (Å²) in [5.41, 5.74) is 7.27. The molecule has 5 heteroatoms. The van der Waals surface area contributed by atoms with Crippen LogP contribution >= 0.6 is 0 Å². The predicted molar refractivity (Wildman–Crippen MR) is 55.4 cm³/mol. The zero-order chi connectivity index (χ0) is 11.0. The molecular formula is C10H12N2O3. The van der Waals surface area contributed by atoms with E-state index in [-0.39, 0.29) is 6.04 Å². The van der Waals surface area contributed by atoms with Gasteiger partial charge in [-0.05, 0) is 24.6 Å². The van der Waals surface area contributed by atoms with Crippen molar-refractivity contribution in [2.75, 3.05) is 0 Å². The summed E-state index contributed by atoms with van der Waals surface area (Å²) in [6.07, 6.45) is -0.743. The molecule has 0 saturated carbocycles. The monoisotopic (exact) mass is 208 g/mol. The van der Waals surface area contributed by atoms with E-state index >= 15 is 0 Å². The van der Waals surface area contributed by atoms with Crippen molar-refractivity contribution in [2.45, 2.75) is 19.1 Å². The molecule has 4 N–H and O–H groups in total. The standard InChI is InChI=1S/C10H12N2O3/c1-5(11)9(13)6-2-3-8-7(4-6)12-10(14)15-8/h2-5,9,13H,11H2,1H3,(H,12,14). The highest BCUT2D eigenvalue weighted by molar-refractivity contribution is 5.72. The number of fused-ring (bicyclic) bond motifs is 1. The minimum atomic E-state index is -0.743.